The number of pyridine rings is 1. The maximum atomic E-state index is 15.4. The molecule has 67 heavy (non-hydrogen) atoms. The summed E-state index contributed by atoms with van der Waals surface area (Å²) >= 11 is 3.47. The first-order chi connectivity index (χ1) is 30.5. The van der Waals surface area contributed by atoms with Crippen LogP contribution in [0.4, 0.5) is 0 Å². The molecule has 8 aliphatic carbocycles. The third-order valence-electron chi connectivity index (χ3n) is 17.8. The zero-order valence-corrected chi connectivity index (χ0v) is 45.0. The van der Waals surface area contributed by atoms with Crippen molar-refractivity contribution in [1.82, 2.24) is 4.98 Å². The molecule has 7 aromatic rings. The summed E-state index contributed by atoms with van der Waals surface area (Å²) < 4.78 is 2.32. The van der Waals surface area contributed by atoms with Crippen molar-refractivity contribution in [2.45, 2.75) is 129 Å². The summed E-state index contributed by atoms with van der Waals surface area (Å²) in [6.45, 7) is 14.4. The Morgan fingerprint density at radius 2 is 0.866 bits per heavy atom. The number of aromatic nitrogens is 1. The minimum Gasteiger partial charge on any atom is -0.872 e. The second-order valence-corrected chi connectivity index (χ2v) is 26.3. The molecule has 3 nitrogen and oxygen atoms in total. The Bertz CT molecular complexity index is 2900. The minimum atomic E-state index is -0.0616. The van der Waals surface area contributed by atoms with Gasteiger partial charge in [-0.3, -0.25) is 0 Å². The van der Waals surface area contributed by atoms with Gasteiger partial charge in [-0.25, -0.2) is 4.98 Å². The van der Waals surface area contributed by atoms with E-state index in [1.54, 1.807) is 22.7 Å². The molecular weight excluding hydrogens is 934 g/mol. The second-order valence-electron chi connectivity index (χ2n) is 24.2. The molecule has 0 aliphatic heterocycles. The Morgan fingerprint density at radius 1 is 0.493 bits per heavy atom. The van der Waals surface area contributed by atoms with Crippen molar-refractivity contribution >= 4 is 42.8 Å². The van der Waals surface area contributed by atoms with E-state index in [1.165, 1.54) is 38.5 Å². The molecule has 3 aromatic heterocycles. The zero-order valence-electron chi connectivity index (χ0n) is 40.9. The number of rotatable bonds is 6. The first kappa shape index (κ1) is 47.1. The fourth-order valence-electron chi connectivity index (χ4n) is 17.9. The SMILES string of the molecule is Cc1cc(-c2sc3ccccc3c2-c2cccc(-c3c(-c4cc(C)cc(C56CC7C[C@@](C)(C5)C[C@](C)(C7)C6)c4[O-])sc4ccccc34)n2)c([O-])c(C23CC4C[C@@](C)(C2)C[C@](C)(C4)C3)c1.[CH3-].[CH3-].[Zr+4]. The summed E-state index contributed by atoms with van der Waals surface area (Å²) in [5, 5.41) is 33.0. The molecule has 0 amide bonds. The number of hydrogen-bond donors (Lipinski definition) is 0. The Morgan fingerprint density at radius 3 is 1.24 bits per heavy atom. The van der Waals surface area contributed by atoms with Crippen LogP contribution < -0.4 is 10.2 Å². The van der Waals surface area contributed by atoms with Crippen molar-refractivity contribution in [1.29, 1.82) is 0 Å². The van der Waals surface area contributed by atoms with Crippen LogP contribution in [-0.2, 0) is 37.0 Å². The van der Waals surface area contributed by atoms with E-state index in [0.717, 1.165) is 124 Å². The normalized spacial score (nSPS) is 32.0. The van der Waals surface area contributed by atoms with Gasteiger partial charge in [-0.1, -0.05) is 117 Å². The molecule has 15 rings (SSSR count). The molecule has 0 saturated heterocycles. The number of fused-ring (bicyclic) bond motifs is 2. The van der Waals surface area contributed by atoms with Crippen LogP contribution in [0.2, 0.25) is 0 Å². The molecule has 8 saturated carbocycles. The van der Waals surface area contributed by atoms with E-state index in [9.17, 15) is 0 Å². The topological polar surface area (TPSA) is 59.0 Å². The molecule has 3 heterocycles. The van der Waals surface area contributed by atoms with Gasteiger partial charge < -0.3 is 25.1 Å². The van der Waals surface area contributed by atoms with Gasteiger partial charge in [0.2, 0.25) is 0 Å². The van der Waals surface area contributed by atoms with E-state index in [1.807, 2.05) is 0 Å². The van der Waals surface area contributed by atoms with E-state index in [4.69, 9.17) is 4.98 Å². The fraction of sp³-hybridized carbons (Fsp3) is 0.426. The van der Waals surface area contributed by atoms with E-state index < -0.39 is 0 Å². The molecule has 0 spiro atoms. The summed E-state index contributed by atoms with van der Waals surface area (Å²) in [7, 11) is 0. The molecule has 6 heteroatoms. The number of benzene rings is 4. The zero-order chi connectivity index (χ0) is 43.8. The van der Waals surface area contributed by atoms with Crippen molar-refractivity contribution < 1.29 is 36.4 Å². The number of thiophene rings is 2. The van der Waals surface area contributed by atoms with Gasteiger partial charge in [-0.05, 0) is 182 Å². The summed E-state index contributed by atoms with van der Waals surface area (Å²) in [4.78, 5) is 7.66. The molecule has 8 atom stereocenters. The van der Waals surface area contributed by atoms with Crippen molar-refractivity contribution in [3.05, 3.63) is 128 Å². The summed E-state index contributed by atoms with van der Waals surface area (Å²) in [6.07, 6.45) is 14.6. The number of nitrogens with zero attached hydrogens (tertiary/aromatic N) is 1. The predicted molar refractivity (Wildman–Crippen MR) is 276 cm³/mol. The van der Waals surface area contributed by atoms with Crippen LogP contribution in [0.1, 0.15) is 127 Å². The van der Waals surface area contributed by atoms with Crippen LogP contribution in [0.15, 0.2) is 91.0 Å². The van der Waals surface area contributed by atoms with Gasteiger partial charge in [0, 0.05) is 41.1 Å². The van der Waals surface area contributed by atoms with Gasteiger partial charge in [0.1, 0.15) is 0 Å². The average Bonchev–Trinajstić information content (AvgIpc) is 3.79. The van der Waals surface area contributed by atoms with Gasteiger partial charge in [-0.2, -0.15) is 0 Å². The quantitative estimate of drug-likeness (QED) is 0.156. The minimum absolute atomic E-state index is 0. The van der Waals surface area contributed by atoms with Crippen LogP contribution in [0, 0.1) is 62.2 Å². The molecule has 4 unspecified atom stereocenters. The van der Waals surface area contributed by atoms with Crippen LogP contribution in [0.5, 0.6) is 11.5 Å². The van der Waals surface area contributed by atoms with Gasteiger partial charge in [0.25, 0.3) is 0 Å². The maximum absolute atomic E-state index is 15.4. The standard InChI is InChI=1S/C59H61NO2S2.2CH3.Zr/c1-34-18-40(50(61)42(20-34)58-26-36-22-54(3,30-58)28-55(4,23-36)31-58)52-48(38-12-7-9-16-46(38)63-52)44-14-11-15-45(60-44)49-39-13-8-10-17-47(39)64-53(49)41-19-35(2)21-43(51(41)62)59-27-37-24-56(5,32-59)29-57(6,25-37)33-59;;;/h7-21,36-37,61-62H,22-33H2,1-6H3;2*1H3;/q;2*-1;+4/p-2/t36?,37?,54-,55+,56-,57+,58?,59?;;;. The maximum Gasteiger partial charge on any atom is 4.00 e. The molecule has 8 bridgehead atoms. The van der Waals surface area contributed by atoms with Crippen molar-refractivity contribution in [3.63, 3.8) is 0 Å². The first-order valence-electron chi connectivity index (χ1n) is 24.2. The van der Waals surface area contributed by atoms with E-state index in [0.29, 0.717) is 33.5 Å². The van der Waals surface area contributed by atoms with E-state index in [-0.39, 0.29) is 63.4 Å². The third kappa shape index (κ3) is 7.16. The molecule has 0 N–H and O–H groups in total. The largest absolute Gasteiger partial charge is 4.00 e. The van der Waals surface area contributed by atoms with Gasteiger partial charge >= 0.3 is 26.2 Å². The van der Waals surface area contributed by atoms with Crippen molar-refractivity contribution in [2.24, 2.45) is 33.5 Å². The third-order valence-corrected chi connectivity index (χ3v) is 20.2. The van der Waals surface area contributed by atoms with Crippen LogP contribution in [0.25, 0.3) is 63.6 Å². The van der Waals surface area contributed by atoms with Gasteiger partial charge in [-0.15, -0.1) is 22.7 Å². The van der Waals surface area contributed by atoms with Gasteiger partial charge in [0.05, 0.1) is 11.4 Å². The van der Waals surface area contributed by atoms with Crippen LogP contribution >= 0.6 is 22.7 Å². The summed E-state index contributed by atoms with van der Waals surface area (Å²) in [5.74, 6) is 1.84. The number of hydrogen-bond acceptors (Lipinski definition) is 5. The number of aryl methyl sites for hydroxylation is 2. The van der Waals surface area contributed by atoms with Gasteiger partial charge in [0.15, 0.2) is 0 Å². The predicted octanol–water partition coefficient (Wildman–Crippen LogP) is 16.3. The molecule has 8 aliphatic rings. The Balaban J connectivity index is 0.00000175. The van der Waals surface area contributed by atoms with E-state index in [2.05, 4.69) is 133 Å². The smallest absolute Gasteiger partial charge is 0.872 e. The molecule has 4 aromatic carbocycles. The molecule has 8 fully saturated rings. The fourth-order valence-corrected chi connectivity index (χ4v) is 20.3. The molecule has 0 radical (unpaired) electrons. The van der Waals surface area contributed by atoms with Crippen molar-refractivity contribution in [3.8, 4) is 54.9 Å². The summed E-state index contributed by atoms with van der Waals surface area (Å²) in [5.41, 5.74) is 11.0. The Labute approximate surface area is 427 Å². The van der Waals surface area contributed by atoms with Crippen molar-refractivity contribution in [2.75, 3.05) is 0 Å². The molecular formula is C61H65NO2S2Zr. The first-order valence-corrected chi connectivity index (χ1v) is 25.8. The van der Waals surface area contributed by atoms with E-state index >= 15 is 10.2 Å². The second kappa shape index (κ2) is 15.7. The summed E-state index contributed by atoms with van der Waals surface area (Å²) in [6, 6.07) is 32.5. The Kier molecular flexibility index (Phi) is 11.1. The Hall–Kier alpha value is -3.57. The van der Waals surface area contributed by atoms with Crippen LogP contribution in [-0.4, -0.2) is 4.98 Å². The monoisotopic (exact) mass is 997 g/mol. The average molecular weight is 1000 g/mol. The molecule has 342 valence electrons. The van der Waals surface area contributed by atoms with Crippen LogP contribution in [0.3, 0.4) is 0 Å².